The van der Waals surface area contributed by atoms with Crippen LogP contribution in [0.5, 0.6) is 0 Å². The molecule has 0 fully saturated rings. The van der Waals surface area contributed by atoms with Gasteiger partial charge in [-0.25, -0.2) is 9.59 Å². The maximum absolute atomic E-state index is 14.4. The number of aromatic nitrogens is 1. The zero-order valence-corrected chi connectivity index (χ0v) is 26.8. The fourth-order valence-corrected chi connectivity index (χ4v) is 5.83. The lowest BCUT2D eigenvalue weighted by Gasteiger charge is -2.38. The molecule has 4 N–H and O–H groups in total. The van der Waals surface area contributed by atoms with E-state index in [0.29, 0.717) is 11.6 Å². The van der Waals surface area contributed by atoms with Crippen molar-refractivity contribution in [1.29, 1.82) is 0 Å². The van der Waals surface area contributed by atoms with Crippen LogP contribution >= 0.6 is 11.6 Å². The van der Waals surface area contributed by atoms with Gasteiger partial charge in [0.1, 0.15) is 6.04 Å². The Morgan fingerprint density at radius 3 is 2.36 bits per heavy atom. The van der Waals surface area contributed by atoms with Gasteiger partial charge in [0.05, 0.1) is 0 Å². The van der Waals surface area contributed by atoms with Crippen molar-refractivity contribution in [2.75, 3.05) is 32.1 Å². The van der Waals surface area contributed by atoms with Crippen LogP contribution in [0.1, 0.15) is 50.7 Å². The van der Waals surface area contributed by atoms with Crippen LogP contribution in [0.3, 0.4) is 0 Å². The van der Waals surface area contributed by atoms with E-state index in [4.69, 9.17) is 21.5 Å². The summed E-state index contributed by atoms with van der Waals surface area (Å²) >= 11 is 6.36. The SMILES string of the molecule is CCC(CC)NC(=O)NC(C(=O)N1C[C@@H](CN(C)C)Cc2cc(Cl)ccc21)C(C)c1c[nH]c2ccccc12.O=C(O)C(F)(F)F. The number of carbonyl (C=O) groups excluding carboxylic acids is 2. The van der Waals surface area contributed by atoms with Gasteiger partial charge in [0.15, 0.2) is 0 Å². The normalized spacial score (nSPS) is 16.1. The molecule has 4 rings (SSSR count). The number of hydrogen-bond acceptors (Lipinski definition) is 4. The topological polar surface area (TPSA) is 118 Å². The Labute approximate surface area is 266 Å². The van der Waals surface area contributed by atoms with Crippen LogP contribution in [0, 0.1) is 5.92 Å². The predicted octanol–water partition coefficient (Wildman–Crippen LogP) is 6.18. The van der Waals surface area contributed by atoms with Gasteiger partial charge in [-0.3, -0.25) is 4.79 Å². The molecule has 2 unspecified atom stereocenters. The zero-order chi connectivity index (χ0) is 33.5. The molecule has 246 valence electrons. The van der Waals surface area contributed by atoms with Gasteiger partial charge in [-0.1, -0.05) is 50.6 Å². The first-order valence-electron chi connectivity index (χ1n) is 14.8. The zero-order valence-electron chi connectivity index (χ0n) is 26.0. The van der Waals surface area contributed by atoms with Gasteiger partial charge in [0.2, 0.25) is 5.91 Å². The molecule has 0 bridgehead atoms. The number of anilines is 1. The number of benzene rings is 2. The molecule has 3 amide bonds. The van der Waals surface area contributed by atoms with E-state index in [9.17, 15) is 22.8 Å². The lowest BCUT2D eigenvalue weighted by atomic mass is 9.88. The monoisotopic (exact) mass is 651 g/mol. The Morgan fingerprint density at radius 2 is 1.76 bits per heavy atom. The van der Waals surface area contributed by atoms with Gasteiger partial charge in [-0.15, -0.1) is 0 Å². The molecule has 1 aliphatic rings. The fraction of sp³-hybridized carbons (Fsp3) is 0.469. The third kappa shape index (κ3) is 9.37. The number of para-hydroxylation sites is 1. The molecule has 2 heterocycles. The minimum absolute atomic E-state index is 0.0523. The molecule has 1 aromatic heterocycles. The summed E-state index contributed by atoms with van der Waals surface area (Å²) in [6, 6.07) is 12.7. The second-order valence-electron chi connectivity index (χ2n) is 11.5. The Hall–Kier alpha value is -3.77. The van der Waals surface area contributed by atoms with Crippen LogP contribution in [0.2, 0.25) is 5.02 Å². The third-order valence-corrected chi connectivity index (χ3v) is 8.13. The Kier molecular flexibility index (Phi) is 12.3. The highest BCUT2D eigenvalue weighted by Crippen LogP contribution is 2.35. The number of carboxylic acid groups (broad SMARTS) is 1. The second-order valence-corrected chi connectivity index (χ2v) is 12.0. The molecule has 0 saturated carbocycles. The predicted molar refractivity (Wildman–Crippen MR) is 170 cm³/mol. The smallest absolute Gasteiger partial charge is 0.475 e. The molecule has 0 spiro atoms. The van der Waals surface area contributed by atoms with E-state index in [1.807, 2.05) is 82.4 Å². The molecule has 0 radical (unpaired) electrons. The van der Waals surface area contributed by atoms with Crippen molar-refractivity contribution in [3.05, 3.63) is 64.8 Å². The number of H-pyrrole nitrogens is 1. The molecular formula is C32H41ClF3N5O4. The number of amides is 3. The maximum atomic E-state index is 14.4. The maximum Gasteiger partial charge on any atom is 0.490 e. The van der Waals surface area contributed by atoms with Gasteiger partial charge in [0.25, 0.3) is 0 Å². The van der Waals surface area contributed by atoms with Gasteiger partial charge in [0, 0.05) is 52.9 Å². The number of rotatable bonds is 9. The number of carboxylic acids is 1. The van der Waals surface area contributed by atoms with Crippen molar-refractivity contribution >= 4 is 46.1 Å². The van der Waals surface area contributed by atoms with Crippen molar-refractivity contribution in [2.24, 2.45) is 5.92 Å². The van der Waals surface area contributed by atoms with Crippen LogP contribution in [0.4, 0.5) is 23.7 Å². The summed E-state index contributed by atoms with van der Waals surface area (Å²) in [7, 11) is 4.09. The minimum atomic E-state index is -5.08. The van der Waals surface area contributed by atoms with Crippen molar-refractivity contribution in [3.8, 4) is 0 Å². The average molecular weight is 652 g/mol. The van der Waals surface area contributed by atoms with Crippen molar-refractivity contribution in [1.82, 2.24) is 20.5 Å². The number of alkyl halides is 3. The third-order valence-electron chi connectivity index (χ3n) is 7.90. The molecular weight excluding hydrogens is 611 g/mol. The lowest BCUT2D eigenvalue weighted by molar-refractivity contribution is -0.192. The highest BCUT2D eigenvalue weighted by Gasteiger charge is 2.39. The van der Waals surface area contributed by atoms with Gasteiger partial charge < -0.3 is 30.5 Å². The summed E-state index contributed by atoms with van der Waals surface area (Å²) in [5.41, 5.74) is 3.93. The molecule has 2 aromatic carbocycles. The number of fused-ring (bicyclic) bond motifs is 2. The first-order chi connectivity index (χ1) is 21.2. The average Bonchev–Trinajstić information content (AvgIpc) is 3.41. The molecule has 3 aromatic rings. The minimum Gasteiger partial charge on any atom is -0.475 e. The standard InChI is InChI=1S/C30H40ClN5O2.C2HF3O2/c1-6-23(7-2)33-30(38)34-28(19(3)25-16-32-26-11-9-8-10-24(25)26)29(37)36-18-20(17-35(4)5)14-21-15-22(31)12-13-27(21)36;3-2(4,5)1(6)7/h8-13,15-16,19-20,23,28,32H,6-7,14,17-18H2,1-5H3,(H2,33,34,38);(H,6,7)/t19?,20-,28?;/m1./s1. The van der Waals surface area contributed by atoms with Crippen LogP contribution in [0.15, 0.2) is 48.7 Å². The van der Waals surface area contributed by atoms with E-state index in [-0.39, 0.29) is 29.8 Å². The lowest BCUT2D eigenvalue weighted by Crippen LogP contribution is -2.56. The molecule has 3 atom stereocenters. The number of carbonyl (C=O) groups is 3. The van der Waals surface area contributed by atoms with E-state index in [0.717, 1.165) is 53.5 Å². The van der Waals surface area contributed by atoms with Gasteiger partial charge >= 0.3 is 18.2 Å². The van der Waals surface area contributed by atoms with Crippen LogP contribution in [-0.2, 0) is 16.0 Å². The summed E-state index contributed by atoms with van der Waals surface area (Å²) in [6.07, 6.45) is -0.627. The van der Waals surface area contributed by atoms with Gasteiger partial charge in [-0.2, -0.15) is 13.2 Å². The highest BCUT2D eigenvalue weighted by atomic mass is 35.5. The molecule has 45 heavy (non-hydrogen) atoms. The van der Waals surface area contributed by atoms with E-state index in [2.05, 4.69) is 26.6 Å². The quantitative estimate of drug-likeness (QED) is 0.220. The first kappa shape index (κ1) is 35.7. The van der Waals surface area contributed by atoms with E-state index >= 15 is 0 Å². The van der Waals surface area contributed by atoms with E-state index in [1.165, 1.54) is 0 Å². The summed E-state index contributed by atoms with van der Waals surface area (Å²) in [5, 5.41) is 15.0. The fourth-order valence-electron chi connectivity index (χ4n) is 5.64. The van der Waals surface area contributed by atoms with Crippen molar-refractivity contribution < 1.29 is 32.7 Å². The molecule has 0 aliphatic carbocycles. The van der Waals surface area contributed by atoms with Crippen LogP contribution in [-0.4, -0.2) is 78.3 Å². The number of urea groups is 1. The number of hydrogen-bond donors (Lipinski definition) is 4. The summed E-state index contributed by atoms with van der Waals surface area (Å²) in [5.74, 6) is -2.89. The number of nitrogens with zero attached hydrogens (tertiary/aromatic N) is 2. The Bertz CT molecular complexity index is 1470. The number of aromatic amines is 1. The summed E-state index contributed by atoms with van der Waals surface area (Å²) in [4.78, 5) is 43.8. The summed E-state index contributed by atoms with van der Waals surface area (Å²) < 4.78 is 31.7. The van der Waals surface area contributed by atoms with Crippen LogP contribution in [0.25, 0.3) is 10.9 Å². The molecule has 0 saturated heterocycles. The van der Waals surface area contributed by atoms with Crippen molar-refractivity contribution in [3.63, 3.8) is 0 Å². The van der Waals surface area contributed by atoms with E-state index in [1.54, 1.807) is 0 Å². The number of halogens is 4. The molecule has 13 heteroatoms. The van der Waals surface area contributed by atoms with Crippen LogP contribution < -0.4 is 15.5 Å². The first-order valence-corrected chi connectivity index (χ1v) is 15.2. The molecule has 9 nitrogen and oxygen atoms in total. The Balaban J connectivity index is 0.000000707. The van der Waals surface area contributed by atoms with Crippen molar-refractivity contribution in [2.45, 2.75) is 64.2 Å². The number of nitrogens with one attached hydrogen (secondary N) is 3. The van der Waals surface area contributed by atoms with E-state index < -0.39 is 18.2 Å². The Morgan fingerprint density at radius 1 is 1.11 bits per heavy atom. The molecule has 1 aliphatic heterocycles. The van der Waals surface area contributed by atoms with Gasteiger partial charge in [-0.05, 0) is 74.7 Å². The number of aliphatic carboxylic acids is 1. The second kappa shape index (κ2) is 15.5. The highest BCUT2D eigenvalue weighted by molar-refractivity contribution is 6.30. The largest absolute Gasteiger partial charge is 0.490 e. The summed E-state index contributed by atoms with van der Waals surface area (Å²) in [6.45, 7) is 7.54.